The Kier molecular flexibility index (Phi) is 3.63. The minimum Gasteiger partial charge on any atom is -0.479 e. The van der Waals surface area contributed by atoms with Crippen molar-refractivity contribution < 1.29 is 23.6 Å². The van der Waals surface area contributed by atoms with E-state index in [1.54, 1.807) is 31.2 Å². The second-order valence-corrected chi connectivity index (χ2v) is 5.58. The van der Waals surface area contributed by atoms with E-state index in [1.165, 1.54) is 4.90 Å². The second kappa shape index (κ2) is 5.49. The summed E-state index contributed by atoms with van der Waals surface area (Å²) in [7, 11) is 0. The summed E-state index contributed by atoms with van der Waals surface area (Å²) >= 11 is 0. The average molecular weight is 318 g/mol. The third kappa shape index (κ3) is 2.58. The summed E-state index contributed by atoms with van der Waals surface area (Å²) in [5.41, 5.74) is -1.07. The Balaban J connectivity index is 1.93. The van der Waals surface area contributed by atoms with Gasteiger partial charge in [0, 0.05) is 18.5 Å². The maximum absolute atomic E-state index is 14.2. The molecular weight excluding hydrogens is 303 g/mol. The summed E-state index contributed by atoms with van der Waals surface area (Å²) in [6, 6.07) is 9.02. The summed E-state index contributed by atoms with van der Waals surface area (Å²) in [5.74, 6) is -1.69. The summed E-state index contributed by atoms with van der Waals surface area (Å²) in [4.78, 5) is 24.9. The van der Waals surface area contributed by atoms with Crippen LogP contribution < -0.4 is 0 Å². The van der Waals surface area contributed by atoms with Gasteiger partial charge >= 0.3 is 5.97 Å². The molecule has 23 heavy (non-hydrogen) atoms. The van der Waals surface area contributed by atoms with Crippen LogP contribution in [0.15, 0.2) is 34.9 Å². The van der Waals surface area contributed by atoms with E-state index in [4.69, 9.17) is 9.63 Å². The van der Waals surface area contributed by atoms with E-state index in [0.29, 0.717) is 17.0 Å². The number of aryl methyl sites for hydroxylation is 1. The van der Waals surface area contributed by atoms with Gasteiger partial charge in [-0.15, -0.1) is 0 Å². The molecule has 120 valence electrons. The molecule has 7 heteroatoms. The van der Waals surface area contributed by atoms with Gasteiger partial charge in [-0.2, -0.15) is 0 Å². The van der Waals surface area contributed by atoms with Crippen molar-refractivity contribution in [1.82, 2.24) is 10.1 Å². The molecule has 1 unspecified atom stereocenters. The number of rotatable bonds is 3. The first-order valence-electron chi connectivity index (χ1n) is 7.15. The van der Waals surface area contributed by atoms with Crippen molar-refractivity contribution in [1.29, 1.82) is 0 Å². The minimum absolute atomic E-state index is 0.0421. The quantitative estimate of drug-likeness (QED) is 0.938. The topological polar surface area (TPSA) is 83.6 Å². The first-order valence-corrected chi connectivity index (χ1v) is 7.15. The Labute approximate surface area is 131 Å². The highest BCUT2D eigenvalue weighted by atomic mass is 19.1. The first kappa shape index (κ1) is 15.2. The number of amides is 1. The molecule has 1 saturated heterocycles. The van der Waals surface area contributed by atoms with Crippen LogP contribution >= 0.6 is 0 Å². The highest BCUT2D eigenvalue weighted by molar-refractivity contribution is 6.01. The zero-order valence-electron chi connectivity index (χ0n) is 12.5. The molecule has 1 fully saturated rings. The van der Waals surface area contributed by atoms with Crippen LogP contribution in [0, 0.1) is 6.92 Å². The number of aromatic nitrogens is 1. The first-order chi connectivity index (χ1) is 10.9. The number of likely N-dealkylation sites (tertiary alicyclic amines) is 1. The molecule has 1 atom stereocenters. The van der Waals surface area contributed by atoms with E-state index in [2.05, 4.69) is 5.16 Å². The number of hydrogen-bond donors (Lipinski definition) is 1. The maximum atomic E-state index is 14.2. The van der Waals surface area contributed by atoms with Crippen molar-refractivity contribution >= 4 is 11.9 Å². The van der Waals surface area contributed by atoms with Crippen molar-refractivity contribution in [2.24, 2.45) is 0 Å². The van der Waals surface area contributed by atoms with Crippen LogP contribution in [0.4, 0.5) is 4.39 Å². The molecule has 1 amide bonds. The van der Waals surface area contributed by atoms with Gasteiger partial charge in [-0.1, -0.05) is 35.5 Å². The minimum atomic E-state index is -2.40. The van der Waals surface area contributed by atoms with E-state index in [1.807, 2.05) is 6.07 Å². The summed E-state index contributed by atoms with van der Waals surface area (Å²) in [6.07, 6.45) is -0.223. The predicted octanol–water partition coefficient (Wildman–Crippen LogP) is 2.29. The number of carboxylic acid groups (broad SMARTS) is 1. The van der Waals surface area contributed by atoms with E-state index in [9.17, 15) is 14.0 Å². The Morgan fingerprint density at radius 2 is 2.04 bits per heavy atom. The number of benzene rings is 1. The molecule has 0 spiro atoms. The maximum Gasteiger partial charge on any atom is 0.343 e. The fourth-order valence-corrected chi connectivity index (χ4v) is 2.70. The van der Waals surface area contributed by atoms with Crippen molar-refractivity contribution in [3.8, 4) is 11.3 Å². The molecule has 0 radical (unpaired) electrons. The van der Waals surface area contributed by atoms with Gasteiger partial charge < -0.3 is 14.5 Å². The monoisotopic (exact) mass is 318 g/mol. The van der Waals surface area contributed by atoms with E-state index in [-0.39, 0.29) is 18.5 Å². The molecule has 1 aliphatic heterocycles. The fraction of sp³-hybridized carbons (Fsp3) is 0.312. The number of carboxylic acids is 1. The number of carbonyl (C=O) groups excluding carboxylic acids is 1. The Morgan fingerprint density at radius 1 is 1.35 bits per heavy atom. The standard InChI is InChI=1S/C16H15FN2O4/c1-10-12(13(18-23-10)11-5-3-2-4-6-11)14(20)19-8-7-16(17,9-19)15(21)22/h2-6H,7-9H2,1H3,(H,21,22). The molecule has 1 aliphatic rings. The summed E-state index contributed by atoms with van der Waals surface area (Å²) in [5, 5.41) is 12.9. The number of halogens is 1. The lowest BCUT2D eigenvalue weighted by Gasteiger charge is -2.17. The molecule has 0 bridgehead atoms. The Hall–Kier alpha value is -2.70. The van der Waals surface area contributed by atoms with Gasteiger partial charge in [-0.25, -0.2) is 9.18 Å². The SMILES string of the molecule is Cc1onc(-c2ccccc2)c1C(=O)N1CCC(F)(C(=O)O)C1. The van der Waals surface area contributed by atoms with Gasteiger partial charge in [0.2, 0.25) is 5.67 Å². The Bertz CT molecular complexity index is 759. The van der Waals surface area contributed by atoms with Crippen LogP contribution in [0.25, 0.3) is 11.3 Å². The van der Waals surface area contributed by atoms with Gasteiger partial charge in [0.1, 0.15) is 17.0 Å². The number of nitrogens with zero attached hydrogens (tertiary/aromatic N) is 2. The van der Waals surface area contributed by atoms with E-state index in [0.717, 1.165) is 0 Å². The van der Waals surface area contributed by atoms with Crippen LogP contribution in [0.3, 0.4) is 0 Å². The lowest BCUT2D eigenvalue weighted by atomic mass is 10.0. The highest BCUT2D eigenvalue weighted by Gasteiger charge is 2.47. The summed E-state index contributed by atoms with van der Waals surface area (Å²) in [6.45, 7) is 1.17. The fourth-order valence-electron chi connectivity index (χ4n) is 2.70. The van der Waals surface area contributed by atoms with Crippen LogP contribution in [-0.4, -0.2) is 45.8 Å². The largest absolute Gasteiger partial charge is 0.479 e. The van der Waals surface area contributed by atoms with Crippen molar-refractivity contribution in [2.45, 2.75) is 19.0 Å². The third-order valence-corrected chi connectivity index (χ3v) is 4.01. The van der Waals surface area contributed by atoms with E-state index >= 15 is 0 Å². The molecule has 0 saturated carbocycles. The summed E-state index contributed by atoms with van der Waals surface area (Å²) < 4.78 is 19.3. The molecule has 6 nitrogen and oxygen atoms in total. The lowest BCUT2D eigenvalue weighted by Crippen LogP contribution is -2.39. The normalized spacial score (nSPS) is 20.7. The molecule has 1 aromatic heterocycles. The van der Waals surface area contributed by atoms with Crippen molar-refractivity contribution in [3.05, 3.63) is 41.7 Å². The van der Waals surface area contributed by atoms with E-state index < -0.39 is 24.1 Å². The van der Waals surface area contributed by atoms with Gasteiger partial charge in [-0.3, -0.25) is 4.79 Å². The lowest BCUT2D eigenvalue weighted by molar-refractivity contribution is -0.149. The zero-order valence-corrected chi connectivity index (χ0v) is 12.5. The van der Waals surface area contributed by atoms with Crippen LogP contribution in [-0.2, 0) is 4.79 Å². The van der Waals surface area contributed by atoms with Gasteiger partial charge in [-0.05, 0) is 6.92 Å². The third-order valence-electron chi connectivity index (χ3n) is 4.01. The molecule has 2 heterocycles. The number of hydrogen-bond acceptors (Lipinski definition) is 4. The van der Waals surface area contributed by atoms with Crippen molar-refractivity contribution in [3.63, 3.8) is 0 Å². The number of aliphatic carboxylic acids is 1. The zero-order chi connectivity index (χ0) is 16.6. The highest BCUT2D eigenvalue weighted by Crippen LogP contribution is 2.31. The van der Waals surface area contributed by atoms with Crippen LogP contribution in [0.5, 0.6) is 0 Å². The smallest absolute Gasteiger partial charge is 0.343 e. The molecule has 1 N–H and O–H groups in total. The van der Waals surface area contributed by atoms with Crippen LogP contribution in [0.1, 0.15) is 22.5 Å². The second-order valence-electron chi connectivity index (χ2n) is 5.58. The molecule has 1 aromatic carbocycles. The molecule has 2 aromatic rings. The predicted molar refractivity (Wildman–Crippen MR) is 78.7 cm³/mol. The van der Waals surface area contributed by atoms with Gasteiger partial charge in [0.25, 0.3) is 5.91 Å². The number of carbonyl (C=O) groups is 2. The molecule has 0 aliphatic carbocycles. The number of alkyl halides is 1. The van der Waals surface area contributed by atoms with Gasteiger partial charge in [0.15, 0.2) is 0 Å². The Morgan fingerprint density at radius 3 is 2.65 bits per heavy atom. The molecule has 3 rings (SSSR count). The van der Waals surface area contributed by atoms with Gasteiger partial charge in [0.05, 0.1) is 6.54 Å². The van der Waals surface area contributed by atoms with Crippen molar-refractivity contribution in [2.75, 3.05) is 13.1 Å². The van der Waals surface area contributed by atoms with Crippen LogP contribution in [0.2, 0.25) is 0 Å². The molecular formula is C16H15FN2O4. The average Bonchev–Trinajstić information content (AvgIpc) is 3.12.